The van der Waals surface area contributed by atoms with E-state index in [1.54, 1.807) is 48.5 Å². The van der Waals surface area contributed by atoms with Crippen molar-refractivity contribution >= 4 is 23.3 Å². The summed E-state index contributed by atoms with van der Waals surface area (Å²) in [6.07, 6.45) is -1.02. The molecule has 6 heteroatoms. The highest BCUT2D eigenvalue weighted by molar-refractivity contribution is 6.00. The lowest BCUT2D eigenvalue weighted by molar-refractivity contribution is -0.123. The van der Waals surface area contributed by atoms with Crippen LogP contribution in [0.4, 0.5) is 5.69 Å². The summed E-state index contributed by atoms with van der Waals surface area (Å²) in [6, 6.07) is 13.2. The molecule has 1 amide bonds. The summed E-state index contributed by atoms with van der Waals surface area (Å²) in [5, 5.41) is 2.63. The first-order valence-corrected chi connectivity index (χ1v) is 8.27. The van der Waals surface area contributed by atoms with E-state index >= 15 is 0 Å². The highest BCUT2D eigenvalue weighted by Crippen LogP contribution is 2.20. The molecule has 26 heavy (non-hydrogen) atoms. The van der Waals surface area contributed by atoms with E-state index < -0.39 is 18.0 Å². The Bertz CT molecular complexity index is 815. The molecule has 0 radical (unpaired) electrons. The third kappa shape index (κ3) is 4.92. The number of para-hydroxylation sites is 1. The molecule has 0 unspecified atom stereocenters. The molecule has 0 heterocycles. The van der Waals surface area contributed by atoms with E-state index in [0.29, 0.717) is 23.6 Å². The van der Waals surface area contributed by atoms with E-state index in [-0.39, 0.29) is 11.3 Å². The van der Waals surface area contributed by atoms with Gasteiger partial charge in [0.15, 0.2) is 11.9 Å². The monoisotopic (exact) mass is 355 g/mol. The van der Waals surface area contributed by atoms with Gasteiger partial charge < -0.3 is 14.8 Å². The Balaban J connectivity index is 2.04. The van der Waals surface area contributed by atoms with Crippen molar-refractivity contribution in [2.45, 2.75) is 26.9 Å². The van der Waals surface area contributed by atoms with Crippen LogP contribution in [0.25, 0.3) is 0 Å². The van der Waals surface area contributed by atoms with Crippen molar-refractivity contribution in [1.29, 1.82) is 0 Å². The molecule has 0 spiro atoms. The number of benzene rings is 2. The van der Waals surface area contributed by atoms with Crippen molar-refractivity contribution in [2.75, 3.05) is 11.9 Å². The second-order valence-corrected chi connectivity index (χ2v) is 5.60. The van der Waals surface area contributed by atoms with Gasteiger partial charge in [-0.05, 0) is 45.0 Å². The minimum Gasteiger partial charge on any atom is -0.493 e. The number of amides is 1. The molecule has 0 aliphatic heterocycles. The average Bonchev–Trinajstić information content (AvgIpc) is 2.62. The molecule has 0 aliphatic rings. The van der Waals surface area contributed by atoms with Crippen LogP contribution in [0.2, 0.25) is 0 Å². The Hall–Kier alpha value is -3.15. The zero-order chi connectivity index (χ0) is 19.1. The first kappa shape index (κ1) is 19.2. The molecule has 0 saturated carbocycles. The van der Waals surface area contributed by atoms with Crippen LogP contribution in [-0.4, -0.2) is 30.4 Å². The van der Waals surface area contributed by atoms with Crippen molar-refractivity contribution in [1.82, 2.24) is 0 Å². The standard InChI is InChI=1S/C20H21NO5/c1-4-25-18-11-6-5-10-17(18)20(24)26-14(3)19(23)21-16-9-7-8-15(12-16)13(2)22/h5-12,14H,4H2,1-3H3,(H,21,23)/t14-/m1/s1. The second-order valence-electron chi connectivity index (χ2n) is 5.60. The van der Waals surface area contributed by atoms with Crippen LogP contribution in [-0.2, 0) is 9.53 Å². The maximum atomic E-state index is 12.3. The molecule has 0 aromatic heterocycles. The number of carbonyl (C=O) groups excluding carboxylic acids is 3. The molecule has 2 aromatic rings. The fourth-order valence-corrected chi connectivity index (χ4v) is 2.25. The highest BCUT2D eigenvalue weighted by Gasteiger charge is 2.21. The molecule has 2 aromatic carbocycles. The Morgan fingerprint density at radius 3 is 2.50 bits per heavy atom. The van der Waals surface area contributed by atoms with Crippen LogP contribution >= 0.6 is 0 Å². The maximum absolute atomic E-state index is 12.3. The molecule has 2 rings (SSSR count). The summed E-state index contributed by atoms with van der Waals surface area (Å²) in [7, 11) is 0. The lowest BCUT2D eigenvalue weighted by Crippen LogP contribution is -2.30. The Morgan fingerprint density at radius 1 is 1.08 bits per heavy atom. The summed E-state index contributed by atoms with van der Waals surface area (Å²) < 4.78 is 10.6. The predicted molar refractivity (Wildman–Crippen MR) is 97.6 cm³/mol. The van der Waals surface area contributed by atoms with Gasteiger partial charge in [0.2, 0.25) is 0 Å². The number of hydrogen-bond donors (Lipinski definition) is 1. The summed E-state index contributed by atoms with van der Waals surface area (Å²) in [6.45, 7) is 5.15. The first-order chi connectivity index (χ1) is 12.4. The molecule has 6 nitrogen and oxygen atoms in total. The molecule has 0 fully saturated rings. The number of hydrogen-bond acceptors (Lipinski definition) is 5. The van der Waals surface area contributed by atoms with Gasteiger partial charge in [-0.15, -0.1) is 0 Å². The van der Waals surface area contributed by atoms with E-state index in [9.17, 15) is 14.4 Å². The lowest BCUT2D eigenvalue weighted by atomic mass is 10.1. The van der Waals surface area contributed by atoms with E-state index in [1.165, 1.54) is 13.8 Å². The van der Waals surface area contributed by atoms with Crippen LogP contribution in [0.3, 0.4) is 0 Å². The molecule has 136 valence electrons. The molecule has 0 bridgehead atoms. The van der Waals surface area contributed by atoms with Gasteiger partial charge in [-0.25, -0.2) is 4.79 Å². The molecule has 0 aliphatic carbocycles. The number of ether oxygens (including phenoxy) is 2. The lowest BCUT2D eigenvalue weighted by Gasteiger charge is -2.15. The van der Waals surface area contributed by atoms with Crippen LogP contribution < -0.4 is 10.1 Å². The van der Waals surface area contributed by atoms with Crippen molar-refractivity contribution in [3.8, 4) is 5.75 Å². The number of ketones is 1. The predicted octanol–water partition coefficient (Wildman–Crippen LogP) is 3.47. The molecular weight excluding hydrogens is 334 g/mol. The van der Waals surface area contributed by atoms with Crippen molar-refractivity contribution in [3.05, 3.63) is 59.7 Å². The fraction of sp³-hybridized carbons (Fsp3) is 0.250. The zero-order valence-corrected chi connectivity index (χ0v) is 14.9. The number of anilines is 1. The molecule has 0 saturated heterocycles. The summed E-state index contributed by atoms with van der Waals surface area (Å²) in [5.74, 6) is -0.836. The third-order valence-electron chi connectivity index (χ3n) is 3.60. The number of esters is 1. The van der Waals surface area contributed by atoms with Gasteiger partial charge in [-0.3, -0.25) is 9.59 Å². The third-order valence-corrected chi connectivity index (χ3v) is 3.60. The van der Waals surface area contributed by atoms with Crippen molar-refractivity contribution < 1.29 is 23.9 Å². The number of carbonyl (C=O) groups is 3. The van der Waals surface area contributed by atoms with Gasteiger partial charge in [0.25, 0.3) is 5.91 Å². The van der Waals surface area contributed by atoms with Crippen molar-refractivity contribution in [2.24, 2.45) is 0 Å². The molecule has 1 N–H and O–H groups in total. The first-order valence-electron chi connectivity index (χ1n) is 8.27. The van der Waals surface area contributed by atoms with E-state index in [0.717, 1.165) is 0 Å². The molecule has 1 atom stereocenters. The van der Waals surface area contributed by atoms with Crippen LogP contribution in [0.15, 0.2) is 48.5 Å². The molecular formula is C20H21NO5. The van der Waals surface area contributed by atoms with Crippen molar-refractivity contribution in [3.63, 3.8) is 0 Å². The van der Waals surface area contributed by atoms with E-state index in [1.807, 2.05) is 6.92 Å². The Kier molecular flexibility index (Phi) is 6.49. The second kappa shape index (κ2) is 8.80. The fourth-order valence-electron chi connectivity index (χ4n) is 2.25. The minimum atomic E-state index is -1.02. The van der Waals surface area contributed by atoms with Gasteiger partial charge in [0, 0.05) is 11.3 Å². The van der Waals surface area contributed by atoms with E-state index in [2.05, 4.69) is 5.32 Å². The van der Waals surface area contributed by atoms with E-state index in [4.69, 9.17) is 9.47 Å². The quantitative estimate of drug-likeness (QED) is 0.607. The zero-order valence-electron chi connectivity index (χ0n) is 14.9. The van der Waals surface area contributed by atoms with Crippen LogP contribution in [0.5, 0.6) is 5.75 Å². The average molecular weight is 355 g/mol. The van der Waals surface area contributed by atoms with Gasteiger partial charge in [0.1, 0.15) is 11.3 Å². The van der Waals surface area contributed by atoms with Gasteiger partial charge in [-0.2, -0.15) is 0 Å². The summed E-state index contributed by atoms with van der Waals surface area (Å²) in [5.41, 5.74) is 1.20. The Labute approximate surface area is 152 Å². The van der Waals surface area contributed by atoms with Crippen LogP contribution in [0.1, 0.15) is 41.5 Å². The maximum Gasteiger partial charge on any atom is 0.342 e. The smallest absolute Gasteiger partial charge is 0.342 e. The van der Waals surface area contributed by atoms with Gasteiger partial charge in [-0.1, -0.05) is 24.3 Å². The largest absolute Gasteiger partial charge is 0.493 e. The summed E-state index contributed by atoms with van der Waals surface area (Å²) in [4.78, 5) is 36.0. The SMILES string of the molecule is CCOc1ccccc1C(=O)O[C@H](C)C(=O)Nc1cccc(C(C)=O)c1. The number of rotatable bonds is 7. The number of Topliss-reactive ketones (excluding diaryl/α,β-unsaturated/α-hetero) is 1. The summed E-state index contributed by atoms with van der Waals surface area (Å²) >= 11 is 0. The minimum absolute atomic E-state index is 0.104. The Morgan fingerprint density at radius 2 is 1.81 bits per heavy atom. The number of nitrogens with one attached hydrogen (secondary N) is 1. The topological polar surface area (TPSA) is 81.7 Å². The van der Waals surface area contributed by atoms with Gasteiger partial charge >= 0.3 is 5.97 Å². The normalized spacial score (nSPS) is 11.3. The van der Waals surface area contributed by atoms with Gasteiger partial charge in [0.05, 0.1) is 6.61 Å². The van der Waals surface area contributed by atoms with Crippen LogP contribution in [0, 0.1) is 0 Å². The highest BCUT2D eigenvalue weighted by atomic mass is 16.5.